The second kappa shape index (κ2) is 7.11. The maximum absolute atomic E-state index is 12.3. The lowest BCUT2D eigenvalue weighted by molar-refractivity contribution is 0.0600. The molecule has 0 aliphatic heterocycles. The highest BCUT2D eigenvalue weighted by atomic mass is 127. The summed E-state index contributed by atoms with van der Waals surface area (Å²) in [4.78, 5) is 23.8. The average Bonchev–Trinajstić information content (AvgIpc) is 2.48. The van der Waals surface area contributed by atoms with Crippen LogP contribution in [-0.4, -0.2) is 19.0 Å². The number of carbonyl (C=O) groups excluding carboxylic acids is 2. The first-order valence-corrected chi connectivity index (χ1v) is 7.83. The second-order valence-corrected chi connectivity index (χ2v) is 6.20. The lowest BCUT2D eigenvalue weighted by atomic mass is 10.1. The molecule has 0 atom stereocenters. The van der Waals surface area contributed by atoms with Crippen molar-refractivity contribution >= 4 is 51.8 Å². The van der Waals surface area contributed by atoms with Crippen molar-refractivity contribution < 1.29 is 14.3 Å². The Morgan fingerprint density at radius 1 is 1.18 bits per heavy atom. The first kappa shape index (κ1) is 16.8. The van der Waals surface area contributed by atoms with E-state index in [1.165, 1.54) is 7.11 Å². The van der Waals surface area contributed by atoms with Gasteiger partial charge in [-0.25, -0.2) is 4.79 Å². The Labute approximate surface area is 146 Å². The Hall–Kier alpha value is -1.60. The third-order valence-electron chi connectivity index (χ3n) is 3.07. The van der Waals surface area contributed by atoms with Gasteiger partial charge in [0, 0.05) is 14.3 Å². The number of hydrogen-bond acceptors (Lipinski definition) is 3. The van der Waals surface area contributed by atoms with Crippen LogP contribution in [0.3, 0.4) is 0 Å². The quantitative estimate of drug-likeness (QED) is 0.585. The number of esters is 1. The lowest BCUT2D eigenvalue weighted by Crippen LogP contribution is -2.14. The molecule has 0 saturated carbocycles. The highest BCUT2D eigenvalue weighted by molar-refractivity contribution is 14.1. The van der Waals surface area contributed by atoms with Crippen LogP contribution in [-0.2, 0) is 4.74 Å². The summed E-state index contributed by atoms with van der Waals surface area (Å²) in [7, 11) is 1.33. The smallest absolute Gasteiger partial charge is 0.337 e. The number of amides is 1. The van der Waals surface area contributed by atoms with E-state index in [1.807, 2.05) is 6.92 Å². The standard InChI is InChI=1S/C16H13ClINO3/c1-9-7-10(16(21)22-2)3-6-14(9)19-15(20)12-5-4-11(17)8-13(12)18/h3-8H,1-2H3,(H,19,20). The van der Waals surface area contributed by atoms with E-state index in [4.69, 9.17) is 11.6 Å². The van der Waals surface area contributed by atoms with Crippen molar-refractivity contribution in [1.29, 1.82) is 0 Å². The minimum atomic E-state index is -0.409. The monoisotopic (exact) mass is 429 g/mol. The molecular formula is C16H13ClINO3. The topological polar surface area (TPSA) is 55.4 Å². The molecule has 0 saturated heterocycles. The van der Waals surface area contributed by atoms with Gasteiger partial charge >= 0.3 is 5.97 Å². The lowest BCUT2D eigenvalue weighted by Gasteiger charge is -2.11. The van der Waals surface area contributed by atoms with E-state index in [1.54, 1.807) is 36.4 Å². The van der Waals surface area contributed by atoms with Gasteiger partial charge < -0.3 is 10.1 Å². The van der Waals surface area contributed by atoms with Crippen LogP contribution in [0, 0.1) is 10.5 Å². The zero-order valence-electron chi connectivity index (χ0n) is 11.9. The highest BCUT2D eigenvalue weighted by Gasteiger charge is 2.13. The molecule has 0 radical (unpaired) electrons. The van der Waals surface area contributed by atoms with Gasteiger partial charge in [0.1, 0.15) is 0 Å². The van der Waals surface area contributed by atoms with Gasteiger partial charge in [-0.2, -0.15) is 0 Å². The van der Waals surface area contributed by atoms with Crippen molar-refractivity contribution in [2.45, 2.75) is 6.92 Å². The van der Waals surface area contributed by atoms with Crippen molar-refractivity contribution in [1.82, 2.24) is 0 Å². The summed E-state index contributed by atoms with van der Waals surface area (Å²) in [6, 6.07) is 10.0. The molecule has 2 aromatic rings. The van der Waals surface area contributed by atoms with Gasteiger partial charge in [-0.15, -0.1) is 0 Å². The molecule has 1 N–H and O–H groups in total. The maximum Gasteiger partial charge on any atom is 0.337 e. The van der Waals surface area contributed by atoms with Crippen molar-refractivity contribution in [2.75, 3.05) is 12.4 Å². The molecule has 0 aliphatic carbocycles. The number of hydrogen-bond donors (Lipinski definition) is 1. The van der Waals surface area contributed by atoms with E-state index in [2.05, 4.69) is 32.6 Å². The summed E-state index contributed by atoms with van der Waals surface area (Å²) >= 11 is 7.95. The van der Waals surface area contributed by atoms with E-state index < -0.39 is 5.97 Å². The molecule has 0 aliphatic rings. The van der Waals surface area contributed by atoms with Crippen LogP contribution in [0.4, 0.5) is 5.69 Å². The minimum absolute atomic E-state index is 0.227. The Bertz CT molecular complexity index is 746. The fourth-order valence-corrected chi connectivity index (χ4v) is 3.03. The summed E-state index contributed by atoms with van der Waals surface area (Å²) in [6.45, 7) is 1.81. The van der Waals surface area contributed by atoms with Gasteiger partial charge in [-0.05, 0) is 71.5 Å². The van der Waals surface area contributed by atoms with Crippen LogP contribution < -0.4 is 5.32 Å². The minimum Gasteiger partial charge on any atom is -0.465 e. The average molecular weight is 430 g/mol. The number of carbonyl (C=O) groups is 2. The molecule has 4 nitrogen and oxygen atoms in total. The molecule has 0 aromatic heterocycles. The number of anilines is 1. The third kappa shape index (κ3) is 3.78. The number of ether oxygens (including phenoxy) is 1. The van der Waals surface area contributed by atoms with Gasteiger partial charge in [0.25, 0.3) is 5.91 Å². The molecule has 22 heavy (non-hydrogen) atoms. The largest absolute Gasteiger partial charge is 0.465 e. The van der Waals surface area contributed by atoms with Crippen LogP contribution in [0.25, 0.3) is 0 Å². The highest BCUT2D eigenvalue weighted by Crippen LogP contribution is 2.21. The van der Waals surface area contributed by atoms with Crippen molar-refractivity contribution in [3.05, 3.63) is 61.7 Å². The SMILES string of the molecule is COC(=O)c1ccc(NC(=O)c2ccc(Cl)cc2I)c(C)c1. The first-order chi connectivity index (χ1) is 10.4. The van der Waals surface area contributed by atoms with E-state index in [0.717, 1.165) is 9.13 Å². The third-order valence-corrected chi connectivity index (χ3v) is 4.20. The van der Waals surface area contributed by atoms with Crippen LogP contribution in [0.2, 0.25) is 5.02 Å². The van der Waals surface area contributed by atoms with Gasteiger partial charge in [0.15, 0.2) is 0 Å². The molecule has 6 heteroatoms. The summed E-state index contributed by atoms with van der Waals surface area (Å²) in [5.41, 5.74) is 2.41. The molecule has 0 fully saturated rings. The Kier molecular flexibility index (Phi) is 5.42. The predicted octanol–water partition coefficient (Wildman–Crippen LogP) is 4.29. The number of benzene rings is 2. The van der Waals surface area contributed by atoms with Gasteiger partial charge in [-0.1, -0.05) is 11.6 Å². The van der Waals surface area contributed by atoms with E-state index in [-0.39, 0.29) is 5.91 Å². The Morgan fingerprint density at radius 3 is 2.50 bits per heavy atom. The van der Waals surface area contributed by atoms with Crippen LogP contribution in [0.1, 0.15) is 26.3 Å². The molecule has 0 unspecified atom stereocenters. The molecule has 2 aromatic carbocycles. The normalized spacial score (nSPS) is 10.2. The molecule has 2 rings (SSSR count). The molecule has 0 spiro atoms. The molecular weight excluding hydrogens is 417 g/mol. The molecule has 1 amide bonds. The van der Waals surface area contributed by atoms with Crippen LogP contribution in [0.15, 0.2) is 36.4 Å². The van der Waals surface area contributed by atoms with Gasteiger partial charge in [0.05, 0.1) is 18.2 Å². The summed E-state index contributed by atoms with van der Waals surface area (Å²) in [5, 5.41) is 3.41. The molecule has 0 heterocycles. The summed E-state index contributed by atoms with van der Waals surface area (Å²) < 4.78 is 5.44. The van der Waals surface area contributed by atoms with Gasteiger partial charge in [-0.3, -0.25) is 4.79 Å². The fourth-order valence-electron chi connectivity index (χ4n) is 1.91. The second-order valence-electron chi connectivity index (χ2n) is 4.60. The number of aryl methyl sites for hydroxylation is 1. The van der Waals surface area contributed by atoms with E-state index in [0.29, 0.717) is 21.8 Å². The van der Waals surface area contributed by atoms with Crippen molar-refractivity contribution in [3.8, 4) is 0 Å². The first-order valence-electron chi connectivity index (χ1n) is 6.37. The molecule has 0 bridgehead atoms. The zero-order valence-corrected chi connectivity index (χ0v) is 14.9. The maximum atomic E-state index is 12.3. The summed E-state index contributed by atoms with van der Waals surface area (Å²) in [5.74, 6) is -0.636. The van der Waals surface area contributed by atoms with Crippen LogP contribution >= 0.6 is 34.2 Å². The molecule has 114 valence electrons. The van der Waals surface area contributed by atoms with Crippen molar-refractivity contribution in [2.24, 2.45) is 0 Å². The van der Waals surface area contributed by atoms with Gasteiger partial charge in [0.2, 0.25) is 0 Å². The summed E-state index contributed by atoms with van der Waals surface area (Å²) in [6.07, 6.45) is 0. The number of rotatable bonds is 3. The number of nitrogens with one attached hydrogen (secondary N) is 1. The van der Waals surface area contributed by atoms with E-state index >= 15 is 0 Å². The van der Waals surface area contributed by atoms with E-state index in [9.17, 15) is 9.59 Å². The Balaban J connectivity index is 2.23. The number of methoxy groups -OCH3 is 1. The Morgan fingerprint density at radius 2 is 1.91 bits per heavy atom. The fraction of sp³-hybridized carbons (Fsp3) is 0.125. The van der Waals surface area contributed by atoms with Crippen LogP contribution in [0.5, 0.6) is 0 Å². The number of halogens is 2. The zero-order chi connectivity index (χ0) is 16.3. The van der Waals surface area contributed by atoms with Crippen molar-refractivity contribution in [3.63, 3.8) is 0 Å². The predicted molar refractivity (Wildman–Crippen MR) is 94.6 cm³/mol.